The Morgan fingerprint density at radius 1 is 1.09 bits per heavy atom. The molecule has 122 valence electrons. The Hall–Kier alpha value is -1.72. The first-order valence-corrected chi connectivity index (χ1v) is 9.91. The van der Waals surface area contributed by atoms with Crippen molar-refractivity contribution in [1.29, 1.82) is 0 Å². The van der Waals surface area contributed by atoms with E-state index in [0.717, 1.165) is 16.0 Å². The molecule has 0 bridgehead atoms. The highest BCUT2D eigenvalue weighted by Crippen LogP contribution is 2.27. The van der Waals surface area contributed by atoms with E-state index >= 15 is 0 Å². The van der Waals surface area contributed by atoms with Gasteiger partial charge in [0.05, 0.1) is 17.1 Å². The fourth-order valence-electron chi connectivity index (χ4n) is 2.22. The zero-order valence-corrected chi connectivity index (χ0v) is 15.2. The number of aryl methyl sites for hydroxylation is 2. The summed E-state index contributed by atoms with van der Waals surface area (Å²) in [6.45, 7) is 7.91. The first-order valence-electron chi connectivity index (χ1n) is 7.25. The van der Waals surface area contributed by atoms with E-state index in [1.165, 1.54) is 4.31 Å². The van der Waals surface area contributed by atoms with E-state index in [9.17, 15) is 8.42 Å². The van der Waals surface area contributed by atoms with Crippen LogP contribution in [0.2, 0.25) is 0 Å². The second-order valence-electron chi connectivity index (χ2n) is 5.27. The summed E-state index contributed by atoms with van der Waals surface area (Å²) in [5.41, 5.74) is 2.85. The average molecular weight is 348 g/mol. The Morgan fingerprint density at radius 2 is 1.74 bits per heavy atom. The second-order valence-corrected chi connectivity index (χ2v) is 8.01. The summed E-state index contributed by atoms with van der Waals surface area (Å²) in [6, 6.07) is 12.6. The highest BCUT2D eigenvalue weighted by atomic mass is 32.2. The molecule has 0 unspecified atom stereocenters. The largest absolute Gasteiger partial charge is 0.264 e. The van der Waals surface area contributed by atoms with E-state index in [2.05, 4.69) is 6.58 Å². The fourth-order valence-corrected chi connectivity index (χ4v) is 4.05. The van der Waals surface area contributed by atoms with Crippen molar-refractivity contribution in [2.75, 3.05) is 17.1 Å². The predicted octanol–water partition coefficient (Wildman–Crippen LogP) is 4.41. The Balaban J connectivity index is 2.49. The van der Waals surface area contributed by atoms with Gasteiger partial charge >= 0.3 is 0 Å². The van der Waals surface area contributed by atoms with Crippen LogP contribution in [0.4, 0.5) is 5.69 Å². The van der Waals surface area contributed by atoms with Gasteiger partial charge in [0.25, 0.3) is 10.0 Å². The predicted molar refractivity (Wildman–Crippen MR) is 98.9 cm³/mol. The van der Waals surface area contributed by atoms with E-state index in [4.69, 9.17) is 0 Å². The van der Waals surface area contributed by atoms with E-state index < -0.39 is 10.0 Å². The zero-order chi connectivity index (χ0) is 17.0. The van der Waals surface area contributed by atoms with Crippen LogP contribution in [0.3, 0.4) is 0 Å². The lowest BCUT2D eigenvalue weighted by Gasteiger charge is -2.24. The molecule has 3 nitrogen and oxygen atoms in total. The van der Waals surface area contributed by atoms with Gasteiger partial charge < -0.3 is 0 Å². The molecule has 2 aromatic carbocycles. The summed E-state index contributed by atoms with van der Waals surface area (Å²) in [7, 11) is -3.62. The molecule has 23 heavy (non-hydrogen) atoms. The van der Waals surface area contributed by atoms with Crippen LogP contribution >= 0.6 is 11.8 Å². The minimum Gasteiger partial charge on any atom is -0.263 e. The quantitative estimate of drug-likeness (QED) is 0.574. The van der Waals surface area contributed by atoms with Gasteiger partial charge in [0.2, 0.25) is 0 Å². The van der Waals surface area contributed by atoms with Crippen LogP contribution in [-0.4, -0.2) is 21.2 Å². The highest BCUT2D eigenvalue weighted by molar-refractivity contribution is 7.98. The summed E-state index contributed by atoms with van der Waals surface area (Å²) in [6.07, 6.45) is 3.56. The molecule has 0 radical (unpaired) electrons. The van der Waals surface area contributed by atoms with E-state index in [0.29, 0.717) is 5.69 Å². The van der Waals surface area contributed by atoms with Crippen molar-refractivity contribution in [3.8, 4) is 0 Å². The van der Waals surface area contributed by atoms with Gasteiger partial charge in [-0.1, -0.05) is 12.1 Å². The number of anilines is 1. The molecule has 5 heteroatoms. The third kappa shape index (κ3) is 3.79. The normalized spacial score (nSPS) is 11.3. The number of benzene rings is 2. The number of hydrogen-bond acceptors (Lipinski definition) is 3. The third-order valence-corrected chi connectivity index (χ3v) is 6.27. The number of rotatable bonds is 6. The van der Waals surface area contributed by atoms with E-state index in [-0.39, 0.29) is 11.4 Å². The Labute approximate surface area is 143 Å². The molecule has 0 saturated carbocycles. The SMILES string of the molecule is C=CCN(c1ccc(C)c(C)c1)S(=O)(=O)c1ccc(SC)cc1. The molecule has 2 aromatic rings. The summed E-state index contributed by atoms with van der Waals surface area (Å²) < 4.78 is 27.4. The molecule has 0 aromatic heterocycles. The van der Waals surface area contributed by atoms with Crippen molar-refractivity contribution < 1.29 is 8.42 Å². The lowest BCUT2D eigenvalue weighted by Crippen LogP contribution is -2.31. The van der Waals surface area contributed by atoms with Gasteiger partial charge in [-0.25, -0.2) is 8.42 Å². The van der Waals surface area contributed by atoms with Gasteiger partial charge in [0.15, 0.2) is 0 Å². The molecular weight excluding hydrogens is 326 g/mol. The molecular formula is C18H21NO2S2. The molecule has 0 amide bonds. The lowest BCUT2D eigenvalue weighted by molar-refractivity contribution is 0.592. The molecule has 0 heterocycles. The topological polar surface area (TPSA) is 37.4 Å². The van der Waals surface area contributed by atoms with Crippen LogP contribution in [0.5, 0.6) is 0 Å². The molecule has 0 aliphatic heterocycles. The fraction of sp³-hybridized carbons (Fsp3) is 0.222. The van der Waals surface area contributed by atoms with Crippen molar-refractivity contribution in [3.63, 3.8) is 0 Å². The summed E-state index contributed by atoms with van der Waals surface area (Å²) in [4.78, 5) is 1.32. The van der Waals surface area contributed by atoms with Gasteiger partial charge in [-0.3, -0.25) is 4.31 Å². The van der Waals surface area contributed by atoms with Crippen LogP contribution in [0.1, 0.15) is 11.1 Å². The Bertz CT molecular complexity index is 796. The van der Waals surface area contributed by atoms with Crippen LogP contribution in [-0.2, 0) is 10.0 Å². The molecule has 0 aliphatic carbocycles. The van der Waals surface area contributed by atoms with Gasteiger partial charge in [-0.05, 0) is 67.6 Å². The smallest absolute Gasteiger partial charge is 0.263 e. The van der Waals surface area contributed by atoms with Crippen LogP contribution in [0.15, 0.2) is 64.9 Å². The van der Waals surface area contributed by atoms with Crippen molar-refractivity contribution in [1.82, 2.24) is 0 Å². The third-order valence-electron chi connectivity index (χ3n) is 3.72. The molecule has 0 saturated heterocycles. The first kappa shape index (κ1) is 17.6. The maximum absolute atomic E-state index is 13.0. The molecule has 0 fully saturated rings. The van der Waals surface area contributed by atoms with Gasteiger partial charge in [0, 0.05) is 4.90 Å². The standard InChI is InChI=1S/C18H21NO2S2/c1-5-12-19(16-7-6-14(2)15(3)13-16)23(20,21)18-10-8-17(22-4)9-11-18/h5-11,13H,1,12H2,2-4H3. The minimum absolute atomic E-state index is 0.231. The van der Waals surface area contributed by atoms with Gasteiger partial charge in [-0.15, -0.1) is 18.3 Å². The highest BCUT2D eigenvalue weighted by Gasteiger charge is 2.24. The zero-order valence-electron chi connectivity index (χ0n) is 13.6. The minimum atomic E-state index is -3.62. The Morgan fingerprint density at radius 3 is 2.26 bits per heavy atom. The van der Waals surface area contributed by atoms with Crippen molar-refractivity contribution >= 4 is 27.5 Å². The number of nitrogens with zero attached hydrogens (tertiary/aromatic N) is 1. The van der Waals surface area contributed by atoms with Crippen molar-refractivity contribution in [2.45, 2.75) is 23.6 Å². The van der Waals surface area contributed by atoms with Gasteiger partial charge in [-0.2, -0.15) is 0 Å². The molecule has 0 N–H and O–H groups in total. The summed E-state index contributed by atoms with van der Waals surface area (Å²) >= 11 is 1.58. The lowest BCUT2D eigenvalue weighted by atomic mass is 10.1. The molecule has 2 rings (SSSR count). The first-order chi connectivity index (χ1) is 10.9. The second kappa shape index (κ2) is 7.23. The van der Waals surface area contributed by atoms with E-state index in [1.54, 1.807) is 30.0 Å². The molecule has 0 atom stereocenters. The Kier molecular flexibility index (Phi) is 5.55. The maximum atomic E-state index is 13.0. The van der Waals surface area contributed by atoms with Crippen molar-refractivity contribution in [3.05, 3.63) is 66.2 Å². The average Bonchev–Trinajstić information content (AvgIpc) is 2.55. The number of thioether (sulfide) groups is 1. The molecule has 0 aliphatic rings. The monoisotopic (exact) mass is 347 g/mol. The van der Waals surface area contributed by atoms with Gasteiger partial charge in [0.1, 0.15) is 0 Å². The number of hydrogen-bond donors (Lipinski definition) is 0. The number of sulfonamides is 1. The summed E-state index contributed by atoms with van der Waals surface area (Å²) in [5.74, 6) is 0. The summed E-state index contributed by atoms with van der Waals surface area (Å²) in [5, 5.41) is 0. The molecule has 0 spiro atoms. The maximum Gasteiger partial charge on any atom is 0.264 e. The van der Waals surface area contributed by atoms with Crippen molar-refractivity contribution in [2.24, 2.45) is 0 Å². The van der Waals surface area contributed by atoms with Crippen LogP contribution in [0.25, 0.3) is 0 Å². The van der Waals surface area contributed by atoms with Crippen LogP contribution in [0, 0.1) is 13.8 Å². The van der Waals surface area contributed by atoms with Crippen LogP contribution < -0.4 is 4.31 Å². The van der Waals surface area contributed by atoms with E-state index in [1.807, 2.05) is 50.4 Å².